The average Bonchev–Trinajstić information content (AvgIpc) is 2.84. The third-order valence-electron chi connectivity index (χ3n) is 5.37. The van der Waals surface area contributed by atoms with E-state index in [1.807, 2.05) is 0 Å². The predicted octanol–water partition coefficient (Wildman–Crippen LogP) is -1.44. The first kappa shape index (κ1) is 28.9. The van der Waals surface area contributed by atoms with E-state index in [1.165, 1.54) is 6.92 Å². The molecule has 1 aliphatic rings. The summed E-state index contributed by atoms with van der Waals surface area (Å²) >= 11 is 0. The molecule has 1 fully saturated rings. The molecule has 14 heteroatoms. The van der Waals surface area contributed by atoms with Gasteiger partial charge in [0.2, 0.25) is 5.91 Å². The molecule has 1 unspecified atom stereocenters. The highest BCUT2D eigenvalue weighted by Gasteiger charge is 2.47. The summed E-state index contributed by atoms with van der Waals surface area (Å²) in [5.41, 5.74) is 0.687. The van der Waals surface area contributed by atoms with Gasteiger partial charge < -0.3 is 50.4 Å². The highest BCUT2D eigenvalue weighted by molar-refractivity contribution is 5.82. The van der Waals surface area contributed by atoms with Crippen LogP contribution in [0.1, 0.15) is 25.3 Å². The van der Waals surface area contributed by atoms with Gasteiger partial charge in [0.05, 0.1) is 6.61 Å². The van der Waals surface area contributed by atoms with Crippen LogP contribution in [0.3, 0.4) is 0 Å². The van der Waals surface area contributed by atoms with Crippen LogP contribution in [0.2, 0.25) is 0 Å². The molecule has 1 saturated heterocycles. The Kier molecular flexibility index (Phi) is 11.0. The molecule has 36 heavy (non-hydrogen) atoms. The van der Waals surface area contributed by atoms with E-state index in [4.69, 9.17) is 19.3 Å². The molecule has 7 atom stereocenters. The second-order valence-electron chi connectivity index (χ2n) is 8.05. The van der Waals surface area contributed by atoms with Gasteiger partial charge in [-0.1, -0.05) is 30.3 Å². The van der Waals surface area contributed by atoms with Gasteiger partial charge >= 0.3 is 18.0 Å². The summed E-state index contributed by atoms with van der Waals surface area (Å²) in [7, 11) is 0. The molecule has 1 aliphatic heterocycles. The summed E-state index contributed by atoms with van der Waals surface area (Å²) in [6.45, 7) is 0.364. The minimum atomic E-state index is -1.78. The van der Waals surface area contributed by atoms with Crippen molar-refractivity contribution in [2.75, 3.05) is 6.61 Å². The number of amides is 2. The fourth-order valence-corrected chi connectivity index (χ4v) is 3.39. The van der Waals surface area contributed by atoms with Crippen LogP contribution in [0.4, 0.5) is 4.79 Å². The van der Waals surface area contributed by atoms with Gasteiger partial charge in [-0.2, -0.15) is 0 Å². The Bertz CT molecular complexity index is 898. The zero-order valence-corrected chi connectivity index (χ0v) is 19.4. The number of carboxylic acid groups (broad SMARTS) is 2. The summed E-state index contributed by atoms with van der Waals surface area (Å²) < 4.78 is 15.3. The van der Waals surface area contributed by atoms with Crippen LogP contribution < -0.4 is 10.6 Å². The van der Waals surface area contributed by atoms with E-state index in [0.29, 0.717) is 5.56 Å². The first-order chi connectivity index (χ1) is 17.0. The Balaban J connectivity index is 1.95. The second-order valence-corrected chi connectivity index (χ2v) is 8.05. The van der Waals surface area contributed by atoms with Gasteiger partial charge in [-0.3, -0.25) is 4.79 Å². The number of aliphatic carboxylic acids is 2. The summed E-state index contributed by atoms with van der Waals surface area (Å²) in [5.74, 6) is -3.60. The van der Waals surface area contributed by atoms with Crippen LogP contribution in [0.25, 0.3) is 0 Å². The molecule has 1 aromatic rings. The number of alkyl carbamates (subject to hydrolysis) is 1. The van der Waals surface area contributed by atoms with Gasteiger partial charge in [0, 0.05) is 6.42 Å². The van der Waals surface area contributed by atoms with E-state index >= 15 is 0 Å². The molecule has 2 rings (SSSR count). The maximum absolute atomic E-state index is 12.5. The smallest absolute Gasteiger partial charge is 0.408 e. The molecule has 0 aliphatic carbocycles. The fourth-order valence-electron chi connectivity index (χ4n) is 3.39. The van der Waals surface area contributed by atoms with Crippen molar-refractivity contribution in [2.45, 2.75) is 69.2 Å². The largest absolute Gasteiger partial charge is 0.480 e. The second kappa shape index (κ2) is 13.7. The summed E-state index contributed by atoms with van der Waals surface area (Å²) in [4.78, 5) is 47.1. The lowest BCUT2D eigenvalue weighted by Crippen LogP contribution is -2.65. The van der Waals surface area contributed by atoms with Crippen molar-refractivity contribution in [1.29, 1.82) is 0 Å². The zero-order chi connectivity index (χ0) is 26.8. The Morgan fingerprint density at radius 3 is 2.33 bits per heavy atom. The van der Waals surface area contributed by atoms with Crippen LogP contribution in [0.5, 0.6) is 0 Å². The molecule has 0 radical (unpaired) electrons. The van der Waals surface area contributed by atoms with Crippen molar-refractivity contribution in [3.8, 4) is 0 Å². The average molecular weight is 514 g/mol. The topological polar surface area (TPSA) is 221 Å². The van der Waals surface area contributed by atoms with Crippen molar-refractivity contribution < 1.29 is 58.9 Å². The van der Waals surface area contributed by atoms with Crippen molar-refractivity contribution in [3.63, 3.8) is 0 Å². The van der Waals surface area contributed by atoms with E-state index in [2.05, 4.69) is 10.6 Å². The molecule has 2 amide bonds. The van der Waals surface area contributed by atoms with E-state index < -0.39 is 79.8 Å². The molecule has 0 saturated carbocycles. The number of rotatable bonds is 12. The molecule has 200 valence electrons. The maximum atomic E-state index is 12.5. The number of carbonyl (C=O) groups excluding carboxylic acids is 2. The third kappa shape index (κ3) is 8.42. The van der Waals surface area contributed by atoms with Gasteiger partial charge in [-0.25, -0.2) is 14.4 Å². The molecule has 1 heterocycles. The molecule has 0 spiro atoms. The van der Waals surface area contributed by atoms with E-state index in [-0.39, 0.29) is 13.0 Å². The zero-order valence-electron chi connectivity index (χ0n) is 19.4. The van der Waals surface area contributed by atoms with Crippen molar-refractivity contribution in [1.82, 2.24) is 10.6 Å². The highest BCUT2D eigenvalue weighted by Crippen LogP contribution is 2.24. The number of hydrogen-bond donors (Lipinski definition) is 7. The summed E-state index contributed by atoms with van der Waals surface area (Å²) in [6.07, 6.45) is -9.39. The SMILES string of the molecule is C[C@@H](O[C@H]1[C@H](O)[C@@H](CO)OC(O)[C@@H]1NC(=O)CC[C@H](NC(=O)OCc1ccccc1)C(=O)O)C(=O)O. The van der Waals surface area contributed by atoms with Crippen molar-refractivity contribution in [3.05, 3.63) is 35.9 Å². The number of nitrogens with one attached hydrogen (secondary N) is 2. The Labute approximate surface area is 205 Å². The normalized spacial score (nSPS) is 25.3. The van der Waals surface area contributed by atoms with Gasteiger partial charge in [0.15, 0.2) is 12.4 Å². The first-order valence-corrected chi connectivity index (χ1v) is 11.0. The molecular weight excluding hydrogens is 484 g/mol. The lowest BCUT2D eigenvalue weighted by molar-refractivity contribution is -0.267. The number of aliphatic hydroxyl groups excluding tert-OH is 3. The van der Waals surface area contributed by atoms with Gasteiger partial charge in [-0.05, 0) is 18.9 Å². The Morgan fingerprint density at radius 1 is 1.08 bits per heavy atom. The monoisotopic (exact) mass is 514 g/mol. The third-order valence-corrected chi connectivity index (χ3v) is 5.37. The Morgan fingerprint density at radius 2 is 1.75 bits per heavy atom. The minimum Gasteiger partial charge on any atom is -0.480 e. The highest BCUT2D eigenvalue weighted by atomic mass is 16.6. The van der Waals surface area contributed by atoms with Crippen LogP contribution in [-0.4, -0.2) is 98.9 Å². The lowest BCUT2D eigenvalue weighted by Gasteiger charge is -2.43. The maximum Gasteiger partial charge on any atom is 0.408 e. The minimum absolute atomic E-state index is 0.0909. The van der Waals surface area contributed by atoms with Crippen molar-refractivity contribution >= 4 is 23.9 Å². The molecule has 1 aromatic carbocycles. The predicted molar refractivity (Wildman–Crippen MR) is 118 cm³/mol. The van der Waals surface area contributed by atoms with Gasteiger partial charge in [0.1, 0.15) is 37.0 Å². The number of ether oxygens (including phenoxy) is 3. The van der Waals surface area contributed by atoms with Crippen LogP contribution in [-0.2, 0) is 35.2 Å². The Hall–Kier alpha value is -3.30. The quantitative estimate of drug-likeness (QED) is 0.170. The molecule has 7 N–H and O–H groups in total. The number of benzene rings is 1. The van der Waals surface area contributed by atoms with Crippen LogP contribution in [0.15, 0.2) is 30.3 Å². The summed E-state index contributed by atoms with van der Waals surface area (Å²) in [5, 5.41) is 52.9. The number of carbonyl (C=O) groups is 4. The molecule has 0 bridgehead atoms. The number of hydrogen-bond acceptors (Lipinski definition) is 10. The standard InChI is InChI=1S/C22H30N2O12/c1-11(19(28)29)35-18-16(21(32)36-14(9-25)17(18)27)24-15(26)8-7-13(20(30)31)23-22(33)34-10-12-5-3-2-4-6-12/h2-6,11,13-14,16-18,21,25,27,32H,7-10H2,1H3,(H,23,33)(H,24,26)(H,28,29)(H,30,31)/t11-,13+,14-,16-,17-,18-,21?/m1/s1. The summed E-state index contributed by atoms with van der Waals surface area (Å²) in [6, 6.07) is 5.77. The van der Waals surface area contributed by atoms with E-state index in [0.717, 1.165) is 0 Å². The number of aliphatic hydroxyl groups is 3. The molecule has 0 aromatic heterocycles. The molecule has 14 nitrogen and oxygen atoms in total. The van der Waals surface area contributed by atoms with Crippen molar-refractivity contribution in [2.24, 2.45) is 0 Å². The lowest BCUT2D eigenvalue weighted by atomic mass is 9.96. The van der Waals surface area contributed by atoms with E-state index in [9.17, 15) is 39.6 Å². The van der Waals surface area contributed by atoms with Gasteiger partial charge in [-0.15, -0.1) is 0 Å². The number of carboxylic acids is 2. The fraction of sp³-hybridized carbons (Fsp3) is 0.545. The van der Waals surface area contributed by atoms with E-state index in [1.54, 1.807) is 30.3 Å². The molecular formula is C22H30N2O12. The van der Waals surface area contributed by atoms with Crippen LogP contribution in [0, 0.1) is 0 Å². The van der Waals surface area contributed by atoms with Gasteiger partial charge in [0.25, 0.3) is 0 Å². The van der Waals surface area contributed by atoms with Crippen LogP contribution >= 0.6 is 0 Å². The first-order valence-electron chi connectivity index (χ1n) is 11.0.